The fraction of sp³-hybridized carbons (Fsp3) is 0.478. The number of phenols is 1. The molecule has 1 aliphatic heterocycles. The summed E-state index contributed by atoms with van der Waals surface area (Å²) >= 11 is 0. The molecule has 4 nitrogen and oxygen atoms in total. The lowest BCUT2D eigenvalue weighted by Crippen LogP contribution is -2.39. The van der Waals surface area contributed by atoms with Crippen LogP contribution in [-0.2, 0) is 12.0 Å². The van der Waals surface area contributed by atoms with Crippen LogP contribution in [0.2, 0.25) is 0 Å². The number of benzene rings is 2. The highest BCUT2D eigenvalue weighted by Crippen LogP contribution is 2.45. The molecular formula is C23H29NO3. The Labute approximate surface area is 161 Å². The third kappa shape index (κ3) is 4.03. The van der Waals surface area contributed by atoms with Crippen molar-refractivity contribution in [2.75, 3.05) is 19.6 Å². The van der Waals surface area contributed by atoms with Gasteiger partial charge in [-0.3, -0.25) is 4.90 Å². The highest BCUT2D eigenvalue weighted by Gasteiger charge is 2.48. The van der Waals surface area contributed by atoms with E-state index in [2.05, 4.69) is 17.0 Å². The molecule has 0 bridgehead atoms. The molecule has 0 unspecified atom stereocenters. The molecule has 0 radical (unpaired) electrons. The van der Waals surface area contributed by atoms with Crippen LogP contribution in [0.15, 0.2) is 54.6 Å². The number of fused-ring (bicyclic) bond motifs is 1. The lowest BCUT2D eigenvalue weighted by atomic mass is 9.91. The minimum absolute atomic E-state index is 0.211. The van der Waals surface area contributed by atoms with Crippen LogP contribution in [0.5, 0.6) is 5.75 Å². The van der Waals surface area contributed by atoms with Crippen molar-refractivity contribution in [2.45, 2.75) is 37.4 Å². The maximum atomic E-state index is 11.1. The minimum Gasteiger partial charge on any atom is -0.508 e. The number of likely N-dealkylation sites (tertiary alicyclic amines) is 1. The Bertz CT molecular complexity index is 758. The molecule has 0 aromatic heterocycles. The zero-order valence-electron chi connectivity index (χ0n) is 15.9. The van der Waals surface area contributed by atoms with Crippen LogP contribution < -0.4 is 0 Å². The Balaban J connectivity index is 1.36. The zero-order valence-corrected chi connectivity index (χ0v) is 15.9. The van der Waals surface area contributed by atoms with Crippen LogP contribution in [0.1, 0.15) is 30.9 Å². The van der Waals surface area contributed by atoms with Gasteiger partial charge in [-0.1, -0.05) is 42.5 Å². The normalized spacial score (nSPS) is 26.6. The van der Waals surface area contributed by atoms with Crippen molar-refractivity contribution >= 4 is 0 Å². The summed E-state index contributed by atoms with van der Waals surface area (Å²) in [5.74, 6) is 1.20. The summed E-state index contributed by atoms with van der Waals surface area (Å²) in [6.07, 6.45) is 2.40. The van der Waals surface area contributed by atoms with Gasteiger partial charge < -0.3 is 15.3 Å². The van der Waals surface area contributed by atoms with E-state index >= 15 is 0 Å². The van der Waals surface area contributed by atoms with Crippen LogP contribution in [0, 0.1) is 11.8 Å². The predicted molar refractivity (Wildman–Crippen MR) is 105 cm³/mol. The lowest BCUT2D eigenvalue weighted by molar-refractivity contribution is 0.00983. The summed E-state index contributed by atoms with van der Waals surface area (Å²) in [6.45, 7) is 4.26. The third-order valence-corrected chi connectivity index (χ3v) is 6.33. The smallest absolute Gasteiger partial charge is 0.115 e. The van der Waals surface area contributed by atoms with Crippen LogP contribution in [0.25, 0.3) is 0 Å². The predicted octanol–water partition coefficient (Wildman–Crippen LogP) is 2.92. The van der Waals surface area contributed by atoms with Crippen LogP contribution >= 0.6 is 0 Å². The number of nitrogens with zero attached hydrogens (tertiary/aromatic N) is 1. The second-order valence-corrected chi connectivity index (χ2v) is 8.83. The lowest BCUT2D eigenvalue weighted by Gasteiger charge is -2.31. The van der Waals surface area contributed by atoms with Gasteiger partial charge in [-0.15, -0.1) is 0 Å². The van der Waals surface area contributed by atoms with Crippen molar-refractivity contribution in [1.82, 2.24) is 4.90 Å². The maximum Gasteiger partial charge on any atom is 0.115 e. The number of hydrogen-bond donors (Lipinski definition) is 3. The van der Waals surface area contributed by atoms with E-state index in [9.17, 15) is 15.3 Å². The quantitative estimate of drug-likeness (QED) is 0.760. The van der Waals surface area contributed by atoms with E-state index in [4.69, 9.17) is 0 Å². The number of aliphatic hydroxyl groups is 2. The SMILES string of the molecule is C[C@](O)(CN1C[C@@H]2CC(O)(Cc3ccccc3)C[C@H]2C1)c1ccc(O)cc1. The summed E-state index contributed by atoms with van der Waals surface area (Å²) in [7, 11) is 0. The fourth-order valence-corrected chi connectivity index (χ4v) is 5.15. The van der Waals surface area contributed by atoms with Crippen LogP contribution in [0.3, 0.4) is 0 Å². The Morgan fingerprint density at radius 2 is 1.59 bits per heavy atom. The first-order chi connectivity index (χ1) is 12.8. The largest absolute Gasteiger partial charge is 0.508 e. The average Bonchev–Trinajstić information content (AvgIpc) is 3.09. The third-order valence-electron chi connectivity index (χ3n) is 6.33. The summed E-state index contributed by atoms with van der Waals surface area (Å²) in [5.41, 5.74) is 0.472. The first-order valence-electron chi connectivity index (χ1n) is 9.84. The molecule has 2 aromatic rings. The van der Waals surface area contributed by atoms with Gasteiger partial charge in [0.2, 0.25) is 0 Å². The number of phenolic OH excluding ortho intramolecular Hbond substituents is 1. The van der Waals surface area contributed by atoms with Gasteiger partial charge in [0.25, 0.3) is 0 Å². The molecule has 1 aliphatic carbocycles. The zero-order chi connectivity index (χ0) is 19.1. The Morgan fingerprint density at radius 3 is 2.19 bits per heavy atom. The van der Waals surface area contributed by atoms with Gasteiger partial charge in [-0.2, -0.15) is 0 Å². The molecule has 1 saturated carbocycles. The molecule has 1 heterocycles. The highest BCUT2D eigenvalue weighted by atomic mass is 16.3. The summed E-state index contributed by atoms with van der Waals surface area (Å²) in [5, 5.41) is 31.5. The molecule has 0 spiro atoms. The number of aromatic hydroxyl groups is 1. The molecule has 3 N–H and O–H groups in total. The highest BCUT2D eigenvalue weighted by molar-refractivity contribution is 5.30. The molecule has 2 aliphatic rings. The van der Waals surface area contributed by atoms with E-state index in [1.165, 1.54) is 5.56 Å². The number of rotatable bonds is 5. The summed E-state index contributed by atoms with van der Waals surface area (Å²) in [4.78, 5) is 2.32. The van der Waals surface area contributed by atoms with Crippen LogP contribution in [0.4, 0.5) is 0 Å². The van der Waals surface area contributed by atoms with E-state index in [1.54, 1.807) is 24.3 Å². The van der Waals surface area contributed by atoms with Gasteiger partial charge in [0, 0.05) is 26.1 Å². The molecule has 2 aromatic carbocycles. The molecule has 27 heavy (non-hydrogen) atoms. The van der Waals surface area contributed by atoms with Crippen molar-refractivity contribution in [2.24, 2.45) is 11.8 Å². The standard InChI is InChI=1S/C23H29NO3/c1-22(26,20-7-9-21(25)10-8-20)16-24-14-18-12-23(27,13-19(18)15-24)11-17-5-3-2-4-6-17/h2-10,18-19,25-27H,11-16H2,1H3/t18-,19-,22-/m0/s1. The van der Waals surface area contributed by atoms with E-state index < -0.39 is 11.2 Å². The number of hydrogen-bond acceptors (Lipinski definition) is 4. The van der Waals surface area contributed by atoms with E-state index in [-0.39, 0.29) is 5.75 Å². The fourth-order valence-electron chi connectivity index (χ4n) is 5.15. The molecule has 2 fully saturated rings. The van der Waals surface area contributed by atoms with Gasteiger partial charge in [0.15, 0.2) is 0 Å². The first-order valence-corrected chi connectivity index (χ1v) is 9.84. The van der Waals surface area contributed by atoms with E-state index in [0.717, 1.165) is 37.9 Å². The minimum atomic E-state index is -0.952. The molecule has 4 heteroatoms. The van der Waals surface area contributed by atoms with Gasteiger partial charge in [0.1, 0.15) is 5.75 Å². The molecular weight excluding hydrogens is 338 g/mol. The average molecular weight is 367 g/mol. The first kappa shape index (κ1) is 18.5. The van der Waals surface area contributed by atoms with Crippen molar-refractivity contribution in [3.05, 3.63) is 65.7 Å². The van der Waals surface area contributed by atoms with Crippen molar-refractivity contribution < 1.29 is 15.3 Å². The van der Waals surface area contributed by atoms with Crippen LogP contribution in [-0.4, -0.2) is 45.5 Å². The van der Waals surface area contributed by atoms with Gasteiger partial charge in [-0.05, 0) is 54.9 Å². The summed E-state index contributed by atoms with van der Waals surface area (Å²) < 4.78 is 0. The number of β-amino-alcohol motifs (C(OH)–C–C–N with tert-alkyl or cyclic N) is 1. The Hall–Kier alpha value is -1.88. The Kier molecular flexibility index (Phi) is 4.75. The molecule has 4 rings (SSSR count). The van der Waals surface area contributed by atoms with Gasteiger partial charge in [-0.25, -0.2) is 0 Å². The molecule has 144 valence electrons. The maximum absolute atomic E-state index is 11.1. The molecule has 3 atom stereocenters. The second kappa shape index (κ2) is 6.93. The topological polar surface area (TPSA) is 63.9 Å². The monoisotopic (exact) mass is 367 g/mol. The van der Waals surface area contributed by atoms with E-state index in [0.29, 0.717) is 18.4 Å². The van der Waals surface area contributed by atoms with Crippen molar-refractivity contribution in [3.63, 3.8) is 0 Å². The molecule has 0 amide bonds. The second-order valence-electron chi connectivity index (χ2n) is 8.83. The van der Waals surface area contributed by atoms with Crippen molar-refractivity contribution in [3.8, 4) is 5.75 Å². The van der Waals surface area contributed by atoms with Crippen molar-refractivity contribution in [1.29, 1.82) is 0 Å². The Morgan fingerprint density at radius 1 is 1.00 bits per heavy atom. The molecule has 1 saturated heterocycles. The van der Waals surface area contributed by atoms with E-state index in [1.807, 2.05) is 25.1 Å². The van der Waals surface area contributed by atoms with Gasteiger partial charge >= 0.3 is 0 Å². The van der Waals surface area contributed by atoms with Gasteiger partial charge in [0.05, 0.1) is 11.2 Å². The summed E-state index contributed by atoms with van der Waals surface area (Å²) in [6, 6.07) is 17.0.